The van der Waals surface area contributed by atoms with Gasteiger partial charge in [-0.05, 0) is 44.1 Å². The lowest BCUT2D eigenvalue weighted by Crippen LogP contribution is -2.49. The van der Waals surface area contributed by atoms with E-state index in [0.717, 1.165) is 18.4 Å². The second kappa shape index (κ2) is 5.71. The normalized spacial score (nSPS) is 25.3. The average molecular weight is 292 g/mol. The van der Waals surface area contributed by atoms with Crippen molar-refractivity contribution in [2.45, 2.75) is 45.1 Å². The van der Waals surface area contributed by atoms with Gasteiger partial charge in [0.25, 0.3) is 5.69 Å². The monoisotopic (exact) mass is 292 g/mol. The van der Waals surface area contributed by atoms with E-state index in [4.69, 9.17) is 0 Å². The maximum atomic E-state index is 11.7. The number of anilines is 1. The van der Waals surface area contributed by atoms with Gasteiger partial charge in [-0.2, -0.15) is 0 Å². The predicted octanol–water partition coefficient (Wildman–Crippen LogP) is 3.35. The molecule has 1 aliphatic carbocycles. The summed E-state index contributed by atoms with van der Waals surface area (Å²) in [5.41, 5.74) is 0.278. The van der Waals surface area contributed by atoms with E-state index in [1.165, 1.54) is 12.1 Å². The highest BCUT2D eigenvalue weighted by molar-refractivity contribution is 5.83. The summed E-state index contributed by atoms with van der Waals surface area (Å²) in [6.07, 6.45) is 2.75. The van der Waals surface area contributed by atoms with Crippen molar-refractivity contribution in [2.24, 2.45) is 5.92 Å². The molecular weight excluding hydrogens is 272 g/mol. The minimum Gasteiger partial charge on any atom is -0.480 e. The number of hydrogen-bond donors (Lipinski definition) is 2. The number of rotatable bonds is 4. The second-order valence-corrected chi connectivity index (χ2v) is 5.95. The number of benzene rings is 1. The Hall–Kier alpha value is -2.11. The van der Waals surface area contributed by atoms with Gasteiger partial charge in [-0.1, -0.05) is 13.0 Å². The fourth-order valence-electron chi connectivity index (χ4n) is 2.76. The van der Waals surface area contributed by atoms with Crippen LogP contribution in [-0.2, 0) is 4.79 Å². The van der Waals surface area contributed by atoms with E-state index in [1.54, 1.807) is 6.07 Å². The number of carbonyl (C=O) groups is 1. The van der Waals surface area contributed by atoms with Crippen molar-refractivity contribution in [1.82, 2.24) is 0 Å². The number of nitrogens with one attached hydrogen (secondary N) is 1. The highest BCUT2D eigenvalue weighted by atomic mass is 16.6. The first kappa shape index (κ1) is 15.3. The van der Waals surface area contributed by atoms with Crippen molar-refractivity contribution < 1.29 is 14.8 Å². The molecule has 6 heteroatoms. The van der Waals surface area contributed by atoms with Gasteiger partial charge in [0.2, 0.25) is 0 Å². The van der Waals surface area contributed by atoms with Gasteiger partial charge >= 0.3 is 5.97 Å². The molecule has 1 fully saturated rings. The van der Waals surface area contributed by atoms with E-state index in [0.29, 0.717) is 24.4 Å². The Bertz CT molecular complexity index is 563. The summed E-state index contributed by atoms with van der Waals surface area (Å²) in [6, 6.07) is 4.48. The Kier molecular flexibility index (Phi) is 4.16. The number of non-ortho nitro benzene ring substituents is 1. The summed E-state index contributed by atoms with van der Waals surface area (Å²) >= 11 is 0. The van der Waals surface area contributed by atoms with E-state index in [-0.39, 0.29) is 5.69 Å². The lowest BCUT2D eigenvalue weighted by Gasteiger charge is -2.37. The molecule has 1 aromatic rings. The van der Waals surface area contributed by atoms with E-state index in [2.05, 4.69) is 12.2 Å². The first-order valence-corrected chi connectivity index (χ1v) is 7.11. The fraction of sp³-hybridized carbons (Fsp3) is 0.533. The molecule has 114 valence electrons. The largest absolute Gasteiger partial charge is 0.480 e. The maximum Gasteiger partial charge on any atom is 0.329 e. The number of hydrogen-bond acceptors (Lipinski definition) is 4. The van der Waals surface area contributed by atoms with E-state index >= 15 is 0 Å². The molecule has 0 aliphatic heterocycles. The van der Waals surface area contributed by atoms with Crippen LogP contribution < -0.4 is 5.32 Å². The molecule has 0 amide bonds. The summed E-state index contributed by atoms with van der Waals surface area (Å²) in [5.74, 6) is -0.370. The zero-order chi connectivity index (χ0) is 15.6. The van der Waals surface area contributed by atoms with Crippen molar-refractivity contribution in [1.29, 1.82) is 0 Å². The lowest BCUT2D eigenvalue weighted by molar-refractivity contribution is -0.384. The van der Waals surface area contributed by atoms with Crippen LogP contribution >= 0.6 is 0 Å². The molecule has 1 aromatic carbocycles. The number of carboxylic acid groups (broad SMARTS) is 1. The van der Waals surface area contributed by atoms with Gasteiger partial charge in [0.1, 0.15) is 5.54 Å². The zero-order valence-corrected chi connectivity index (χ0v) is 12.3. The number of nitro groups is 1. The molecule has 1 saturated carbocycles. The molecule has 0 radical (unpaired) electrons. The van der Waals surface area contributed by atoms with Gasteiger partial charge in [-0.15, -0.1) is 0 Å². The SMILES string of the molecule is Cc1ccc([N+](=O)[O-])cc1NC1(C(=O)O)CCC(C)CC1. The molecule has 0 unspecified atom stereocenters. The van der Waals surface area contributed by atoms with Crippen molar-refractivity contribution in [3.05, 3.63) is 33.9 Å². The Morgan fingerprint density at radius 2 is 2.05 bits per heavy atom. The molecule has 21 heavy (non-hydrogen) atoms. The molecule has 0 saturated heterocycles. The topological polar surface area (TPSA) is 92.5 Å². The van der Waals surface area contributed by atoms with E-state index in [1.807, 2.05) is 6.92 Å². The molecule has 2 N–H and O–H groups in total. The summed E-state index contributed by atoms with van der Waals surface area (Å²) in [5, 5.41) is 23.6. The molecule has 0 heterocycles. The third-order valence-corrected chi connectivity index (χ3v) is 4.34. The van der Waals surface area contributed by atoms with Gasteiger partial charge < -0.3 is 10.4 Å². The highest BCUT2D eigenvalue weighted by Gasteiger charge is 2.41. The number of nitro benzene ring substituents is 1. The Morgan fingerprint density at radius 1 is 1.43 bits per heavy atom. The van der Waals surface area contributed by atoms with Gasteiger partial charge in [0.15, 0.2) is 0 Å². The quantitative estimate of drug-likeness (QED) is 0.655. The van der Waals surface area contributed by atoms with Crippen molar-refractivity contribution in [3.63, 3.8) is 0 Å². The minimum atomic E-state index is -1.02. The smallest absolute Gasteiger partial charge is 0.329 e. The third kappa shape index (κ3) is 3.15. The molecule has 0 bridgehead atoms. The standard InChI is InChI=1S/C15H20N2O4/c1-10-5-7-15(8-6-10,14(18)19)16-13-9-12(17(20)21)4-3-11(13)2/h3-4,9-10,16H,5-8H2,1-2H3,(H,18,19). The molecule has 6 nitrogen and oxygen atoms in total. The van der Waals surface area contributed by atoms with E-state index in [9.17, 15) is 20.0 Å². The van der Waals surface area contributed by atoms with Crippen LogP contribution in [0.3, 0.4) is 0 Å². The molecule has 0 spiro atoms. The Labute approximate surface area is 123 Å². The number of carboxylic acids is 1. The third-order valence-electron chi connectivity index (χ3n) is 4.34. The first-order chi connectivity index (χ1) is 9.84. The van der Waals surface area contributed by atoms with Crippen LogP contribution in [-0.4, -0.2) is 21.5 Å². The van der Waals surface area contributed by atoms with Crippen LogP contribution in [0.25, 0.3) is 0 Å². The molecule has 1 aliphatic rings. The maximum absolute atomic E-state index is 11.7. The van der Waals surface area contributed by atoms with E-state index < -0.39 is 16.4 Å². The molecule has 2 rings (SSSR count). The predicted molar refractivity (Wildman–Crippen MR) is 79.5 cm³/mol. The molecule has 0 atom stereocenters. The number of aliphatic carboxylic acids is 1. The van der Waals surface area contributed by atoms with Crippen molar-refractivity contribution in [3.8, 4) is 0 Å². The van der Waals surface area contributed by atoms with Gasteiger partial charge in [-0.3, -0.25) is 10.1 Å². The van der Waals surface area contributed by atoms with Crippen molar-refractivity contribution >= 4 is 17.3 Å². The van der Waals surface area contributed by atoms with Crippen LogP contribution in [0.2, 0.25) is 0 Å². The average Bonchev–Trinajstić information content (AvgIpc) is 2.43. The molecule has 0 aromatic heterocycles. The summed E-state index contributed by atoms with van der Waals surface area (Å²) in [6.45, 7) is 3.93. The lowest BCUT2D eigenvalue weighted by atomic mass is 9.77. The number of nitrogens with zero attached hydrogens (tertiary/aromatic N) is 1. The fourth-order valence-corrected chi connectivity index (χ4v) is 2.76. The van der Waals surface area contributed by atoms with Crippen LogP contribution in [0.15, 0.2) is 18.2 Å². The Balaban J connectivity index is 2.31. The minimum absolute atomic E-state index is 0.0344. The zero-order valence-electron chi connectivity index (χ0n) is 12.3. The van der Waals surface area contributed by atoms with Crippen LogP contribution in [0.4, 0.5) is 11.4 Å². The van der Waals surface area contributed by atoms with Gasteiger partial charge in [0, 0.05) is 17.8 Å². The van der Waals surface area contributed by atoms with Gasteiger partial charge in [0.05, 0.1) is 4.92 Å². The molecular formula is C15H20N2O4. The number of aryl methyl sites for hydroxylation is 1. The summed E-state index contributed by atoms with van der Waals surface area (Å²) in [7, 11) is 0. The first-order valence-electron chi connectivity index (χ1n) is 7.11. The Morgan fingerprint density at radius 3 is 2.57 bits per heavy atom. The van der Waals surface area contributed by atoms with Crippen LogP contribution in [0, 0.1) is 23.0 Å². The summed E-state index contributed by atoms with van der Waals surface area (Å²) in [4.78, 5) is 22.1. The van der Waals surface area contributed by atoms with Crippen LogP contribution in [0.1, 0.15) is 38.2 Å². The van der Waals surface area contributed by atoms with Crippen LogP contribution in [0.5, 0.6) is 0 Å². The summed E-state index contributed by atoms with van der Waals surface area (Å²) < 4.78 is 0. The second-order valence-electron chi connectivity index (χ2n) is 5.95. The highest BCUT2D eigenvalue weighted by Crippen LogP contribution is 2.36. The van der Waals surface area contributed by atoms with Gasteiger partial charge in [-0.25, -0.2) is 4.79 Å². The van der Waals surface area contributed by atoms with Crippen molar-refractivity contribution in [2.75, 3.05) is 5.32 Å².